The number of nitrogens with one attached hydrogen (secondary N) is 1. The number of aliphatic hydroxyl groups is 1. The van der Waals surface area contributed by atoms with Crippen molar-refractivity contribution >= 4 is 0 Å². The Kier molecular flexibility index (Phi) is 4.70. The van der Waals surface area contributed by atoms with Gasteiger partial charge in [0.1, 0.15) is 0 Å². The lowest BCUT2D eigenvalue weighted by atomic mass is 10.1. The molecule has 1 aliphatic heterocycles. The number of aliphatic hydroxyl groups excluding tert-OH is 1. The van der Waals surface area contributed by atoms with Crippen LogP contribution in [0.15, 0.2) is 0 Å². The molecule has 0 amide bonds. The lowest BCUT2D eigenvalue weighted by molar-refractivity contribution is 0.150. The monoisotopic (exact) mass is 187 g/mol. The highest BCUT2D eigenvalue weighted by Gasteiger charge is 2.15. The Labute approximate surface area is 80.5 Å². The van der Waals surface area contributed by atoms with Crippen LogP contribution in [-0.4, -0.2) is 37.0 Å². The third-order valence-electron chi connectivity index (χ3n) is 2.77. The van der Waals surface area contributed by atoms with Gasteiger partial charge in [-0.15, -0.1) is 0 Å². The fourth-order valence-electron chi connectivity index (χ4n) is 1.50. The molecule has 0 aliphatic carbocycles. The Morgan fingerprint density at radius 2 is 2.31 bits per heavy atom. The van der Waals surface area contributed by atoms with Crippen molar-refractivity contribution in [2.75, 3.05) is 19.8 Å². The van der Waals surface area contributed by atoms with Crippen molar-refractivity contribution in [1.82, 2.24) is 5.32 Å². The third kappa shape index (κ3) is 4.07. The summed E-state index contributed by atoms with van der Waals surface area (Å²) in [4.78, 5) is 0. The van der Waals surface area contributed by atoms with E-state index in [9.17, 15) is 5.11 Å². The van der Waals surface area contributed by atoms with Crippen LogP contribution in [0.2, 0.25) is 0 Å². The van der Waals surface area contributed by atoms with Gasteiger partial charge in [0, 0.05) is 19.3 Å². The van der Waals surface area contributed by atoms with Crippen molar-refractivity contribution in [3.8, 4) is 0 Å². The van der Waals surface area contributed by atoms with Gasteiger partial charge in [0.25, 0.3) is 0 Å². The molecular formula is C10H21NO2. The van der Waals surface area contributed by atoms with Gasteiger partial charge in [-0.1, -0.05) is 0 Å². The zero-order valence-corrected chi connectivity index (χ0v) is 8.62. The minimum Gasteiger partial charge on any atom is -0.392 e. The largest absolute Gasteiger partial charge is 0.392 e. The fraction of sp³-hybridized carbons (Fsp3) is 1.00. The molecule has 3 unspecified atom stereocenters. The van der Waals surface area contributed by atoms with Gasteiger partial charge in [0.15, 0.2) is 0 Å². The molecule has 0 radical (unpaired) electrons. The molecule has 1 aliphatic rings. The first-order valence-electron chi connectivity index (χ1n) is 5.19. The number of rotatable bonds is 5. The molecule has 0 saturated carbocycles. The highest BCUT2D eigenvalue weighted by Crippen LogP contribution is 2.15. The third-order valence-corrected chi connectivity index (χ3v) is 2.77. The van der Waals surface area contributed by atoms with Crippen LogP contribution in [0.1, 0.15) is 26.7 Å². The second-order valence-electron chi connectivity index (χ2n) is 4.00. The molecule has 78 valence electrons. The lowest BCUT2D eigenvalue weighted by Gasteiger charge is -2.17. The van der Waals surface area contributed by atoms with Gasteiger partial charge < -0.3 is 15.2 Å². The van der Waals surface area contributed by atoms with Crippen molar-refractivity contribution in [1.29, 1.82) is 0 Å². The summed E-state index contributed by atoms with van der Waals surface area (Å²) in [5.74, 6) is 0.730. The standard InChI is InChI=1S/C10H21NO2/c1-8(9(2)12)11-5-3-10-4-6-13-7-10/h8-12H,3-7H2,1-2H3. The SMILES string of the molecule is CC(O)C(C)NCCC1CCOC1. The predicted octanol–water partition coefficient (Wildman–Crippen LogP) is 0.772. The van der Waals surface area contributed by atoms with Gasteiger partial charge in [0.2, 0.25) is 0 Å². The fourth-order valence-corrected chi connectivity index (χ4v) is 1.50. The second-order valence-corrected chi connectivity index (χ2v) is 4.00. The van der Waals surface area contributed by atoms with Crippen molar-refractivity contribution in [3.05, 3.63) is 0 Å². The topological polar surface area (TPSA) is 41.5 Å². The molecule has 2 N–H and O–H groups in total. The maximum Gasteiger partial charge on any atom is 0.0662 e. The molecule has 0 spiro atoms. The highest BCUT2D eigenvalue weighted by molar-refractivity contribution is 4.69. The highest BCUT2D eigenvalue weighted by atomic mass is 16.5. The van der Waals surface area contributed by atoms with Crippen LogP contribution in [0.4, 0.5) is 0 Å². The normalized spacial score (nSPS) is 27.5. The first kappa shape index (κ1) is 11.0. The minimum absolute atomic E-state index is 0.197. The first-order valence-corrected chi connectivity index (χ1v) is 5.19. The summed E-state index contributed by atoms with van der Waals surface area (Å²) in [5.41, 5.74) is 0. The van der Waals surface area contributed by atoms with E-state index in [1.807, 2.05) is 13.8 Å². The second kappa shape index (κ2) is 5.58. The number of hydrogen-bond acceptors (Lipinski definition) is 3. The molecule has 1 saturated heterocycles. The van der Waals surface area contributed by atoms with Gasteiger partial charge in [-0.3, -0.25) is 0 Å². The molecule has 1 fully saturated rings. The van der Waals surface area contributed by atoms with Crippen molar-refractivity contribution in [3.63, 3.8) is 0 Å². The zero-order valence-electron chi connectivity index (χ0n) is 8.62. The van der Waals surface area contributed by atoms with E-state index < -0.39 is 0 Å². The van der Waals surface area contributed by atoms with Crippen molar-refractivity contribution in [2.45, 2.75) is 38.8 Å². The summed E-state index contributed by atoms with van der Waals surface area (Å²) in [5, 5.41) is 12.5. The summed E-state index contributed by atoms with van der Waals surface area (Å²) in [6, 6.07) is 0.197. The molecule has 0 bridgehead atoms. The van der Waals surface area contributed by atoms with E-state index in [1.165, 1.54) is 6.42 Å². The Morgan fingerprint density at radius 1 is 1.54 bits per heavy atom. The van der Waals surface area contributed by atoms with E-state index in [-0.39, 0.29) is 12.1 Å². The van der Waals surface area contributed by atoms with Gasteiger partial charge >= 0.3 is 0 Å². The van der Waals surface area contributed by atoms with Gasteiger partial charge in [-0.2, -0.15) is 0 Å². The minimum atomic E-state index is -0.264. The van der Waals surface area contributed by atoms with Crippen LogP contribution in [0.5, 0.6) is 0 Å². The summed E-state index contributed by atoms with van der Waals surface area (Å²) in [6.07, 6.45) is 2.10. The van der Waals surface area contributed by atoms with E-state index in [1.54, 1.807) is 0 Å². The number of ether oxygens (including phenoxy) is 1. The molecule has 0 aromatic heterocycles. The Morgan fingerprint density at radius 3 is 2.85 bits per heavy atom. The number of hydrogen-bond donors (Lipinski definition) is 2. The zero-order chi connectivity index (χ0) is 9.68. The molecule has 3 nitrogen and oxygen atoms in total. The Hall–Kier alpha value is -0.120. The summed E-state index contributed by atoms with van der Waals surface area (Å²) < 4.78 is 5.28. The van der Waals surface area contributed by atoms with Crippen LogP contribution >= 0.6 is 0 Å². The molecule has 1 heterocycles. The van der Waals surface area contributed by atoms with Crippen LogP contribution in [0.3, 0.4) is 0 Å². The smallest absolute Gasteiger partial charge is 0.0662 e. The van der Waals surface area contributed by atoms with Crippen LogP contribution < -0.4 is 5.32 Å². The van der Waals surface area contributed by atoms with Crippen LogP contribution in [0.25, 0.3) is 0 Å². The first-order chi connectivity index (χ1) is 6.20. The molecular weight excluding hydrogens is 166 g/mol. The van der Waals surface area contributed by atoms with E-state index in [4.69, 9.17) is 4.74 Å². The van der Waals surface area contributed by atoms with E-state index in [2.05, 4.69) is 5.32 Å². The maximum atomic E-state index is 9.23. The van der Waals surface area contributed by atoms with E-state index in [0.717, 1.165) is 32.1 Å². The molecule has 1 rings (SSSR count). The van der Waals surface area contributed by atoms with Gasteiger partial charge in [-0.25, -0.2) is 0 Å². The Bertz CT molecular complexity index is 131. The average molecular weight is 187 g/mol. The lowest BCUT2D eigenvalue weighted by Crippen LogP contribution is -2.36. The molecule has 13 heavy (non-hydrogen) atoms. The average Bonchev–Trinajstić information content (AvgIpc) is 2.56. The molecule has 3 atom stereocenters. The molecule has 0 aromatic rings. The summed E-state index contributed by atoms with van der Waals surface area (Å²) >= 11 is 0. The van der Waals surface area contributed by atoms with E-state index in [0.29, 0.717) is 0 Å². The summed E-state index contributed by atoms with van der Waals surface area (Å²) in [7, 11) is 0. The van der Waals surface area contributed by atoms with Crippen molar-refractivity contribution in [2.24, 2.45) is 5.92 Å². The van der Waals surface area contributed by atoms with E-state index >= 15 is 0 Å². The van der Waals surface area contributed by atoms with Gasteiger partial charge in [0.05, 0.1) is 6.10 Å². The van der Waals surface area contributed by atoms with Crippen molar-refractivity contribution < 1.29 is 9.84 Å². The van der Waals surface area contributed by atoms with Crippen LogP contribution in [0, 0.1) is 5.92 Å². The summed E-state index contributed by atoms with van der Waals surface area (Å²) in [6.45, 7) is 6.66. The Balaban J connectivity index is 1.99. The maximum absolute atomic E-state index is 9.23. The predicted molar refractivity (Wildman–Crippen MR) is 52.7 cm³/mol. The quantitative estimate of drug-likeness (QED) is 0.668. The molecule has 0 aromatic carbocycles. The van der Waals surface area contributed by atoms with Crippen LogP contribution in [-0.2, 0) is 4.74 Å². The van der Waals surface area contributed by atoms with Gasteiger partial charge in [-0.05, 0) is 39.2 Å². The molecule has 3 heteroatoms.